The van der Waals surface area contributed by atoms with Crippen LogP contribution in [0, 0.1) is 13.8 Å². The van der Waals surface area contributed by atoms with E-state index in [1.54, 1.807) is 16.2 Å². The molecule has 3 nitrogen and oxygen atoms in total. The Kier molecular flexibility index (Phi) is 4.22. The van der Waals surface area contributed by atoms with E-state index in [9.17, 15) is 4.79 Å². The Labute approximate surface area is 117 Å². The van der Waals surface area contributed by atoms with Crippen LogP contribution in [-0.4, -0.2) is 18.0 Å². The SMILES string of the molecule is Cc1ccccc1NC(=O)N(C)Cc1sccc1C. The van der Waals surface area contributed by atoms with Crippen molar-refractivity contribution in [3.8, 4) is 0 Å². The first-order chi connectivity index (χ1) is 9.08. The molecule has 0 aliphatic carbocycles. The number of thiophene rings is 1. The van der Waals surface area contributed by atoms with Gasteiger partial charge in [0.15, 0.2) is 0 Å². The predicted molar refractivity (Wildman–Crippen MR) is 80.7 cm³/mol. The van der Waals surface area contributed by atoms with Gasteiger partial charge in [0.1, 0.15) is 0 Å². The Morgan fingerprint density at radius 3 is 2.58 bits per heavy atom. The molecule has 1 heterocycles. The maximum atomic E-state index is 12.1. The van der Waals surface area contributed by atoms with Gasteiger partial charge >= 0.3 is 6.03 Å². The van der Waals surface area contributed by atoms with E-state index in [0.29, 0.717) is 6.54 Å². The number of carbonyl (C=O) groups is 1. The van der Waals surface area contributed by atoms with Gasteiger partial charge in [0, 0.05) is 17.6 Å². The van der Waals surface area contributed by atoms with Crippen molar-refractivity contribution >= 4 is 23.1 Å². The molecule has 0 fully saturated rings. The maximum absolute atomic E-state index is 12.1. The van der Waals surface area contributed by atoms with Crippen LogP contribution < -0.4 is 5.32 Å². The molecule has 0 saturated carbocycles. The molecule has 100 valence electrons. The number of nitrogens with zero attached hydrogens (tertiary/aromatic N) is 1. The molecular formula is C15H18N2OS. The molecule has 1 N–H and O–H groups in total. The Hall–Kier alpha value is -1.81. The second kappa shape index (κ2) is 5.89. The largest absolute Gasteiger partial charge is 0.322 e. The topological polar surface area (TPSA) is 32.3 Å². The minimum Gasteiger partial charge on any atom is -0.322 e. The van der Waals surface area contributed by atoms with E-state index in [1.165, 1.54) is 10.4 Å². The highest BCUT2D eigenvalue weighted by molar-refractivity contribution is 7.10. The number of urea groups is 1. The maximum Gasteiger partial charge on any atom is 0.321 e. The van der Waals surface area contributed by atoms with Gasteiger partial charge in [-0.3, -0.25) is 0 Å². The first-order valence-electron chi connectivity index (χ1n) is 6.18. The third-order valence-electron chi connectivity index (χ3n) is 3.08. The molecule has 0 aliphatic rings. The minimum absolute atomic E-state index is 0.0814. The summed E-state index contributed by atoms with van der Waals surface area (Å²) in [6.07, 6.45) is 0. The molecule has 2 rings (SSSR count). The van der Waals surface area contributed by atoms with Crippen molar-refractivity contribution in [3.05, 3.63) is 51.7 Å². The standard InChI is InChI=1S/C15H18N2OS/c1-11-6-4-5-7-13(11)16-15(18)17(3)10-14-12(2)8-9-19-14/h4-9H,10H2,1-3H3,(H,16,18). The minimum atomic E-state index is -0.0814. The Morgan fingerprint density at radius 1 is 1.21 bits per heavy atom. The van der Waals surface area contributed by atoms with Gasteiger partial charge in [0.2, 0.25) is 0 Å². The number of para-hydroxylation sites is 1. The first kappa shape index (κ1) is 13.6. The molecule has 1 aromatic heterocycles. The quantitative estimate of drug-likeness (QED) is 0.900. The molecule has 0 saturated heterocycles. The van der Waals surface area contributed by atoms with E-state index < -0.39 is 0 Å². The van der Waals surface area contributed by atoms with E-state index >= 15 is 0 Å². The molecule has 1 aromatic carbocycles. The van der Waals surface area contributed by atoms with Crippen molar-refractivity contribution in [2.24, 2.45) is 0 Å². The number of rotatable bonds is 3. The van der Waals surface area contributed by atoms with Crippen LogP contribution in [0.4, 0.5) is 10.5 Å². The molecule has 19 heavy (non-hydrogen) atoms. The number of hydrogen-bond acceptors (Lipinski definition) is 2. The zero-order valence-electron chi connectivity index (χ0n) is 11.4. The molecular weight excluding hydrogens is 256 g/mol. The molecule has 2 amide bonds. The molecule has 0 bridgehead atoms. The summed E-state index contributed by atoms with van der Waals surface area (Å²) in [5.74, 6) is 0. The third kappa shape index (κ3) is 3.35. The second-order valence-electron chi connectivity index (χ2n) is 4.63. The summed E-state index contributed by atoms with van der Waals surface area (Å²) in [5, 5.41) is 4.99. The van der Waals surface area contributed by atoms with E-state index in [4.69, 9.17) is 0 Å². The normalized spacial score (nSPS) is 10.3. The van der Waals surface area contributed by atoms with Crippen molar-refractivity contribution in [1.82, 2.24) is 4.90 Å². The van der Waals surface area contributed by atoms with Gasteiger partial charge in [-0.05, 0) is 42.5 Å². The highest BCUT2D eigenvalue weighted by atomic mass is 32.1. The van der Waals surface area contributed by atoms with Gasteiger partial charge in [0.25, 0.3) is 0 Å². The number of anilines is 1. The van der Waals surface area contributed by atoms with Crippen molar-refractivity contribution < 1.29 is 4.79 Å². The zero-order chi connectivity index (χ0) is 13.8. The molecule has 0 spiro atoms. The summed E-state index contributed by atoms with van der Waals surface area (Å²) in [7, 11) is 1.81. The fourth-order valence-electron chi connectivity index (χ4n) is 1.78. The summed E-state index contributed by atoms with van der Waals surface area (Å²) in [5.41, 5.74) is 3.17. The van der Waals surface area contributed by atoms with Crippen LogP contribution in [0.5, 0.6) is 0 Å². The number of amides is 2. The van der Waals surface area contributed by atoms with Gasteiger partial charge in [-0.25, -0.2) is 4.79 Å². The highest BCUT2D eigenvalue weighted by Crippen LogP contribution is 2.18. The summed E-state index contributed by atoms with van der Waals surface area (Å²) >= 11 is 1.68. The highest BCUT2D eigenvalue weighted by Gasteiger charge is 2.12. The number of benzene rings is 1. The van der Waals surface area contributed by atoms with E-state index in [-0.39, 0.29) is 6.03 Å². The molecule has 2 aromatic rings. The monoisotopic (exact) mass is 274 g/mol. The first-order valence-corrected chi connectivity index (χ1v) is 7.06. The van der Waals surface area contributed by atoms with Crippen molar-refractivity contribution in [3.63, 3.8) is 0 Å². The molecule has 4 heteroatoms. The number of aryl methyl sites for hydroxylation is 2. The zero-order valence-corrected chi connectivity index (χ0v) is 12.3. The molecule has 0 radical (unpaired) electrons. The fourth-order valence-corrected chi connectivity index (χ4v) is 2.74. The number of nitrogens with one attached hydrogen (secondary N) is 1. The lowest BCUT2D eigenvalue weighted by atomic mass is 10.2. The Morgan fingerprint density at radius 2 is 1.95 bits per heavy atom. The summed E-state index contributed by atoms with van der Waals surface area (Å²) in [6, 6.07) is 9.78. The average molecular weight is 274 g/mol. The fraction of sp³-hybridized carbons (Fsp3) is 0.267. The molecule has 0 unspecified atom stereocenters. The smallest absolute Gasteiger partial charge is 0.321 e. The lowest BCUT2D eigenvalue weighted by molar-refractivity contribution is 0.221. The van der Waals surface area contributed by atoms with E-state index in [1.807, 2.05) is 38.2 Å². The van der Waals surface area contributed by atoms with Gasteiger partial charge in [-0.15, -0.1) is 11.3 Å². The molecule has 0 aliphatic heterocycles. The Bertz CT molecular complexity index is 577. The van der Waals surface area contributed by atoms with Crippen LogP contribution in [-0.2, 0) is 6.54 Å². The third-order valence-corrected chi connectivity index (χ3v) is 4.09. The number of hydrogen-bond donors (Lipinski definition) is 1. The predicted octanol–water partition coefficient (Wildman–Crippen LogP) is 4.03. The van der Waals surface area contributed by atoms with E-state index in [2.05, 4.69) is 23.7 Å². The number of carbonyl (C=O) groups excluding carboxylic acids is 1. The summed E-state index contributed by atoms with van der Waals surface area (Å²) in [6.45, 7) is 4.69. The lowest BCUT2D eigenvalue weighted by Gasteiger charge is -2.18. The molecule has 0 atom stereocenters. The Balaban J connectivity index is 2.00. The van der Waals surface area contributed by atoms with Gasteiger partial charge in [0.05, 0.1) is 6.54 Å². The van der Waals surface area contributed by atoms with Gasteiger partial charge < -0.3 is 10.2 Å². The average Bonchev–Trinajstić information content (AvgIpc) is 2.78. The van der Waals surface area contributed by atoms with Crippen LogP contribution >= 0.6 is 11.3 Å². The van der Waals surface area contributed by atoms with Crippen LogP contribution in [0.15, 0.2) is 35.7 Å². The van der Waals surface area contributed by atoms with Crippen molar-refractivity contribution in [1.29, 1.82) is 0 Å². The summed E-state index contributed by atoms with van der Waals surface area (Å²) < 4.78 is 0. The van der Waals surface area contributed by atoms with Gasteiger partial charge in [-0.2, -0.15) is 0 Å². The summed E-state index contributed by atoms with van der Waals surface area (Å²) in [4.78, 5) is 15.0. The van der Waals surface area contributed by atoms with Crippen LogP contribution in [0.25, 0.3) is 0 Å². The van der Waals surface area contributed by atoms with Crippen LogP contribution in [0.3, 0.4) is 0 Å². The van der Waals surface area contributed by atoms with Crippen molar-refractivity contribution in [2.45, 2.75) is 20.4 Å². The van der Waals surface area contributed by atoms with Crippen molar-refractivity contribution in [2.75, 3.05) is 12.4 Å². The second-order valence-corrected chi connectivity index (χ2v) is 5.63. The van der Waals surface area contributed by atoms with E-state index in [0.717, 1.165) is 11.3 Å². The van der Waals surface area contributed by atoms with Crippen LogP contribution in [0.1, 0.15) is 16.0 Å². The van der Waals surface area contributed by atoms with Crippen LogP contribution in [0.2, 0.25) is 0 Å². The lowest BCUT2D eigenvalue weighted by Crippen LogP contribution is -2.30. The van der Waals surface area contributed by atoms with Gasteiger partial charge in [-0.1, -0.05) is 18.2 Å².